The van der Waals surface area contributed by atoms with E-state index in [1.807, 2.05) is 0 Å². The fourth-order valence-corrected chi connectivity index (χ4v) is 2.49. The van der Waals surface area contributed by atoms with Gasteiger partial charge in [0.2, 0.25) is 0 Å². The van der Waals surface area contributed by atoms with E-state index < -0.39 is 9.05 Å². The molecule has 0 aromatic heterocycles. The Morgan fingerprint density at radius 1 is 1.56 bits per heavy atom. The van der Waals surface area contributed by atoms with E-state index in [2.05, 4.69) is 0 Å². The molecule has 1 rings (SSSR count). The summed E-state index contributed by atoms with van der Waals surface area (Å²) in [6.07, 6.45) is 0. The minimum absolute atomic E-state index is 0.0227. The van der Waals surface area contributed by atoms with Crippen LogP contribution in [0.2, 0.25) is 0 Å². The van der Waals surface area contributed by atoms with Crippen LogP contribution in [0.5, 0.6) is 5.75 Å². The van der Waals surface area contributed by atoms with E-state index in [0.29, 0.717) is 5.56 Å². The van der Waals surface area contributed by atoms with Gasteiger partial charge in [0.1, 0.15) is 16.7 Å². The molecule has 0 fully saturated rings. The minimum Gasteiger partial charge on any atom is -0.495 e. The van der Waals surface area contributed by atoms with Crippen molar-refractivity contribution in [2.24, 2.45) is 5.73 Å². The lowest BCUT2D eigenvalue weighted by Gasteiger charge is -2.09. The Labute approximate surface area is 97.8 Å². The number of hydrogen-bond donors (Lipinski definition) is 1. The van der Waals surface area contributed by atoms with E-state index in [4.69, 9.17) is 26.4 Å². The number of nitrogens with two attached hydrogens (primary N) is 1. The molecule has 0 saturated carbocycles. The summed E-state index contributed by atoms with van der Waals surface area (Å²) in [5.41, 5.74) is 5.93. The van der Waals surface area contributed by atoms with Crippen LogP contribution in [0.25, 0.3) is 0 Å². The van der Waals surface area contributed by atoms with Crippen molar-refractivity contribution in [2.45, 2.75) is 11.4 Å². The van der Waals surface area contributed by atoms with Gasteiger partial charge in [-0.1, -0.05) is 0 Å². The maximum absolute atomic E-state index is 11.3. The SMILES string of the molecule is COc1cc(CN)cc(C#N)c1S(=O)(=O)Cl. The van der Waals surface area contributed by atoms with Crippen molar-refractivity contribution in [2.75, 3.05) is 7.11 Å². The van der Waals surface area contributed by atoms with Crippen LogP contribution < -0.4 is 10.5 Å². The van der Waals surface area contributed by atoms with Crippen LogP contribution in [0.3, 0.4) is 0 Å². The molecule has 16 heavy (non-hydrogen) atoms. The Hall–Kier alpha value is -1.29. The molecule has 1 aromatic carbocycles. The number of nitriles is 1. The van der Waals surface area contributed by atoms with Crippen molar-refractivity contribution >= 4 is 19.7 Å². The second kappa shape index (κ2) is 4.70. The van der Waals surface area contributed by atoms with Gasteiger partial charge in [-0.25, -0.2) is 8.42 Å². The Morgan fingerprint density at radius 3 is 2.56 bits per heavy atom. The molecule has 7 heteroatoms. The number of halogens is 1. The van der Waals surface area contributed by atoms with Gasteiger partial charge >= 0.3 is 0 Å². The van der Waals surface area contributed by atoms with Crippen molar-refractivity contribution in [1.82, 2.24) is 0 Å². The average Bonchev–Trinajstić information content (AvgIpc) is 2.25. The Bertz CT molecular complexity index is 549. The van der Waals surface area contributed by atoms with Gasteiger partial charge in [-0.05, 0) is 17.7 Å². The molecule has 86 valence electrons. The first-order valence-corrected chi connectivity index (χ1v) is 6.50. The smallest absolute Gasteiger partial charge is 0.266 e. The summed E-state index contributed by atoms with van der Waals surface area (Å²) in [6, 6.07) is 4.57. The van der Waals surface area contributed by atoms with Crippen LogP contribution in [-0.4, -0.2) is 15.5 Å². The number of hydrogen-bond acceptors (Lipinski definition) is 5. The molecule has 1 aromatic rings. The monoisotopic (exact) mass is 260 g/mol. The molecular formula is C9H9ClN2O3S. The molecule has 0 aliphatic carbocycles. The zero-order valence-corrected chi connectivity index (χ0v) is 9.97. The summed E-state index contributed by atoms with van der Waals surface area (Å²) in [6.45, 7) is 0.174. The summed E-state index contributed by atoms with van der Waals surface area (Å²) in [4.78, 5) is -0.323. The fourth-order valence-electron chi connectivity index (χ4n) is 1.26. The molecule has 0 atom stereocenters. The topological polar surface area (TPSA) is 93.2 Å². The molecule has 0 aliphatic rings. The highest BCUT2D eigenvalue weighted by Gasteiger charge is 2.22. The summed E-state index contributed by atoms with van der Waals surface area (Å²) in [5.74, 6) is 0.0227. The predicted molar refractivity (Wildman–Crippen MR) is 58.6 cm³/mol. The van der Waals surface area contributed by atoms with Crippen LogP contribution in [0, 0.1) is 11.3 Å². The summed E-state index contributed by atoms with van der Waals surface area (Å²) < 4.78 is 27.5. The van der Waals surface area contributed by atoms with Crippen molar-refractivity contribution in [3.05, 3.63) is 23.3 Å². The van der Waals surface area contributed by atoms with Gasteiger partial charge < -0.3 is 10.5 Å². The molecule has 0 saturated heterocycles. The third kappa shape index (κ3) is 2.44. The van der Waals surface area contributed by atoms with E-state index in [9.17, 15) is 8.42 Å². The molecule has 0 radical (unpaired) electrons. The first-order valence-electron chi connectivity index (χ1n) is 4.19. The molecule has 0 amide bonds. The lowest BCUT2D eigenvalue weighted by Crippen LogP contribution is -2.04. The first-order chi connectivity index (χ1) is 7.43. The van der Waals surface area contributed by atoms with E-state index in [1.165, 1.54) is 19.2 Å². The predicted octanol–water partition coefficient (Wildman–Crippen LogP) is 0.953. The number of methoxy groups -OCH3 is 1. The molecule has 0 bridgehead atoms. The second-order valence-electron chi connectivity index (χ2n) is 2.93. The first kappa shape index (κ1) is 12.8. The molecule has 0 spiro atoms. The Kier molecular flexibility index (Phi) is 3.75. The van der Waals surface area contributed by atoms with Crippen LogP contribution >= 0.6 is 10.7 Å². The third-order valence-corrected chi connectivity index (χ3v) is 3.31. The number of ether oxygens (including phenoxy) is 1. The van der Waals surface area contributed by atoms with Crippen molar-refractivity contribution in [3.8, 4) is 11.8 Å². The number of rotatable bonds is 3. The second-order valence-corrected chi connectivity index (χ2v) is 5.43. The average molecular weight is 261 g/mol. The number of nitrogens with zero attached hydrogens (tertiary/aromatic N) is 1. The molecular weight excluding hydrogens is 252 g/mol. The maximum atomic E-state index is 11.3. The van der Waals surface area contributed by atoms with E-state index in [0.717, 1.165) is 0 Å². The summed E-state index contributed by atoms with van der Waals surface area (Å²) in [7, 11) is 2.50. The fraction of sp³-hybridized carbons (Fsp3) is 0.222. The van der Waals surface area contributed by atoms with Gasteiger partial charge in [-0.2, -0.15) is 5.26 Å². The van der Waals surface area contributed by atoms with Gasteiger partial charge in [0.25, 0.3) is 9.05 Å². The van der Waals surface area contributed by atoms with Crippen molar-refractivity contribution in [1.29, 1.82) is 5.26 Å². The lowest BCUT2D eigenvalue weighted by atomic mass is 10.1. The third-order valence-electron chi connectivity index (χ3n) is 1.93. The van der Waals surface area contributed by atoms with E-state index in [1.54, 1.807) is 6.07 Å². The highest BCUT2D eigenvalue weighted by Crippen LogP contribution is 2.31. The van der Waals surface area contributed by atoms with Crippen molar-refractivity contribution in [3.63, 3.8) is 0 Å². The lowest BCUT2D eigenvalue weighted by molar-refractivity contribution is 0.402. The zero-order chi connectivity index (χ0) is 12.3. The highest BCUT2D eigenvalue weighted by molar-refractivity contribution is 8.13. The zero-order valence-electron chi connectivity index (χ0n) is 8.40. The molecule has 5 nitrogen and oxygen atoms in total. The van der Waals surface area contributed by atoms with Gasteiger partial charge in [0, 0.05) is 17.2 Å². The Morgan fingerprint density at radius 2 is 2.19 bits per heavy atom. The quantitative estimate of drug-likeness (QED) is 0.817. The van der Waals surface area contributed by atoms with Crippen LogP contribution in [0.15, 0.2) is 17.0 Å². The van der Waals surface area contributed by atoms with Crippen molar-refractivity contribution < 1.29 is 13.2 Å². The largest absolute Gasteiger partial charge is 0.495 e. The van der Waals surface area contributed by atoms with Crippen LogP contribution in [-0.2, 0) is 15.6 Å². The Balaban J connectivity index is 3.65. The van der Waals surface area contributed by atoms with E-state index >= 15 is 0 Å². The summed E-state index contributed by atoms with van der Waals surface area (Å²) >= 11 is 0. The minimum atomic E-state index is -4.03. The standard InChI is InChI=1S/C9H9ClN2O3S/c1-15-8-3-6(4-11)2-7(5-12)9(8)16(10,13)14/h2-3H,4,11H2,1H3. The van der Waals surface area contributed by atoms with Crippen LogP contribution in [0.4, 0.5) is 0 Å². The molecule has 2 N–H and O–H groups in total. The highest BCUT2D eigenvalue weighted by atomic mass is 35.7. The number of benzene rings is 1. The van der Waals surface area contributed by atoms with Gasteiger partial charge in [0.05, 0.1) is 12.7 Å². The maximum Gasteiger partial charge on any atom is 0.266 e. The van der Waals surface area contributed by atoms with Gasteiger partial charge in [-0.15, -0.1) is 0 Å². The summed E-state index contributed by atoms with van der Waals surface area (Å²) in [5, 5.41) is 8.85. The molecule has 0 aliphatic heterocycles. The molecule has 0 heterocycles. The van der Waals surface area contributed by atoms with Gasteiger partial charge in [-0.3, -0.25) is 0 Å². The van der Waals surface area contributed by atoms with Gasteiger partial charge in [0.15, 0.2) is 0 Å². The van der Waals surface area contributed by atoms with Crippen LogP contribution in [0.1, 0.15) is 11.1 Å². The normalized spacial score (nSPS) is 10.9. The molecule has 0 unspecified atom stereocenters. The van der Waals surface area contributed by atoms with E-state index in [-0.39, 0.29) is 22.8 Å².